The third kappa shape index (κ3) is 5.87. The number of carbonyl (C=O) groups is 1. The van der Waals surface area contributed by atoms with Crippen LogP contribution in [0.5, 0.6) is 5.75 Å². The highest BCUT2D eigenvalue weighted by Crippen LogP contribution is 2.34. The second-order valence-electron chi connectivity index (χ2n) is 7.34. The van der Waals surface area contributed by atoms with Crippen LogP contribution in [0.25, 0.3) is 10.9 Å². The number of ether oxygens (including phenoxy) is 1. The number of rotatable bonds is 6. The van der Waals surface area contributed by atoms with Crippen molar-refractivity contribution in [2.24, 2.45) is 5.10 Å². The van der Waals surface area contributed by atoms with Crippen LogP contribution >= 0.6 is 39.1 Å². The molecule has 0 aliphatic carbocycles. The highest BCUT2D eigenvalue weighted by atomic mass is 79.9. The zero-order valence-corrected chi connectivity index (χ0v) is 21.2. The molecule has 178 valence electrons. The molecule has 0 fully saturated rings. The fraction of sp³-hybridized carbons (Fsp3) is 0.0833. The molecule has 0 aliphatic rings. The van der Waals surface area contributed by atoms with E-state index in [1.165, 1.54) is 41.2 Å². The van der Waals surface area contributed by atoms with Gasteiger partial charge in [0.15, 0.2) is 12.4 Å². The van der Waals surface area contributed by atoms with Crippen molar-refractivity contribution >= 4 is 67.8 Å². The number of nitrogens with one attached hydrogen (secondary N) is 1. The van der Waals surface area contributed by atoms with E-state index in [0.29, 0.717) is 28.0 Å². The van der Waals surface area contributed by atoms with Gasteiger partial charge in [-0.2, -0.15) is 9.78 Å². The van der Waals surface area contributed by atoms with Crippen molar-refractivity contribution in [1.82, 2.24) is 9.66 Å². The number of hydrogen-bond acceptors (Lipinski definition) is 5. The Kier molecular flexibility index (Phi) is 7.49. The summed E-state index contributed by atoms with van der Waals surface area (Å²) in [6, 6.07) is 13.8. The van der Waals surface area contributed by atoms with E-state index in [0.717, 1.165) is 4.47 Å². The summed E-state index contributed by atoms with van der Waals surface area (Å²) >= 11 is 16.0. The number of aromatic nitrogens is 2. The van der Waals surface area contributed by atoms with E-state index in [4.69, 9.17) is 27.9 Å². The number of halogens is 4. The van der Waals surface area contributed by atoms with Crippen LogP contribution < -0.4 is 15.6 Å². The van der Waals surface area contributed by atoms with Gasteiger partial charge in [-0.15, -0.1) is 0 Å². The van der Waals surface area contributed by atoms with Gasteiger partial charge in [0, 0.05) is 10.2 Å². The molecule has 0 radical (unpaired) electrons. The number of hydrogen-bond donors (Lipinski definition) is 1. The van der Waals surface area contributed by atoms with E-state index in [2.05, 4.69) is 31.3 Å². The topological polar surface area (TPSA) is 85.6 Å². The maximum Gasteiger partial charge on any atom is 0.282 e. The Hall–Kier alpha value is -3.27. The van der Waals surface area contributed by atoms with Gasteiger partial charge in [0.05, 0.1) is 27.2 Å². The molecule has 0 unspecified atom stereocenters. The Morgan fingerprint density at radius 3 is 2.66 bits per heavy atom. The van der Waals surface area contributed by atoms with Crippen molar-refractivity contribution in [3.05, 3.63) is 96.7 Å². The second-order valence-corrected chi connectivity index (χ2v) is 9.07. The highest BCUT2D eigenvalue weighted by molar-refractivity contribution is 9.10. The summed E-state index contributed by atoms with van der Waals surface area (Å²) < 4.78 is 20.7. The number of nitrogens with zero attached hydrogens (tertiary/aromatic N) is 3. The number of anilines is 1. The predicted octanol–water partition coefficient (Wildman–Crippen LogP) is 5.81. The molecule has 35 heavy (non-hydrogen) atoms. The first-order valence-corrected chi connectivity index (χ1v) is 11.7. The monoisotopic (exact) mass is 576 g/mol. The standard InChI is InChI=1S/C24H16BrCl2FN4O3/c1-13-30-21-6-5-15(25)9-18(21)24(34)32(13)29-11-14-7-19(26)23(20(27)8-14)35-12-22(33)31-17-4-2-3-16(28)10-17/h2-11H,12H2,1H3,(H,31,33). The van der Waals surface area contributed by atoms with Gasteiger partial charge < -0.3 is 10.1 Å². The normalized spacial score (nSPS) is 11.2. The van der Waals surface area contributed by atoms with Crippen molar-refractivity contribution in [2.75, 3.05) is 11.9 Å². The van der Waals surface area contributed by atoms with Gasteiger partial charge >= 0.3 is 0 Å². The SMILES string of the molecule is Cc1nc2ccc(Br)cc2c(=O)n1N=Cc1cc(Cl)c(OCC(=O)Nc2cccc(F)c2)c(Cl)c1. The first kappa shape index (κ1) is 24.8. The molecule has 7 nitrogen and oxygen atoms in total. The van der Waals surface area contributed by atoms with Gasteiger partial charge in [-0.1, -0.05) is 45.2 Å². The molecule has 0 aliphatic heterocycles. The van der Waals surface area contributed by atoms with Crippen LogP contribution in [0.3, 0.4) is 0 Å². The average molecular weight is 578 g/mol. The van der Waals surface area contributed by atoms with Crippen LogP contribution in [0.1, 0.15) is 11.4 Å². The molecule has 0 spiro atoms. The van der Waals surface area contributed by atoms with E-state index in [-0.39, 0.29) is 21.4 Å². The molecule has 1 N–H and O–H groups in total. The Bertz CT molecular complexity index is 1520. The Morgan fingerprint density at radius 2 is 1.94 bits per heavy atom. The smallest absolute Gasteiger partial charge is 0.282 e. The summed E-state index contributed by atoms with van der Waals surface area (Å²) in [5.74, 6) is -0.483. The van der Waals surface area contributed by atoms with Crippen molar-refractivity contribution < 1.29 is 13.9 Å². The Morgan fingerprint density at radius 1 is 1.20 bits per heavy atom. The highest BCUT2D eigenvalue weighted by Gasteiger charge is 2.13. The molecule has 3 aromatic carbocycles. The lowest BCUT2D eigenvalue weighted by atomic mass is 10.2. The number of aryl methyl sites for hydroxylation is 1. The molecule has 1 amide bonds. The Labute approximate surface area is 217 Å². The van der Waals surface area contributed by atoms with Gasteiger partial charge in [0.25, 0.3) is 11.5 Å². The lowest BCUT2D eigenvalue weighted by molar-refractivity contribution is -0.118. The van der Waals surface area contributed by atoms with Crippen LogP contribution in [-0.4, -0.2) is 28.4 Å². The molecule has 0 bridgehead atoms. The van der Waals surface area contributed by atoms with Gasteiger partial charge in [-0.3, -0.25) is 9.59 Å². The minimum absolute atomic E-state index is 0.102. The van der Waals surface area contributed by atoms with Gasteiger partial charge in [-0.25, -0.2) is 9.37 Å². The van der Waals surface area contributed by atoms with E-state index in [1.54, 1.807) is 31.2 Å². The fourth-order valence-electron chi connectivity index (χ4n) is 3.21. The molecule has 0 atom stereocenters. The van der Waals surface area contributed by atoms with Crippen molar-refractivity contribution in [3.8, 4) is 5.75 Å². The van der Waals surface area contributed by atoms with E-state index in [1.807, 2.05) is 0 Å². The third-order valence-electron chi connectivity index (χ3n) is 4.77. The molecule has 11 heteroatoms. The number of amides is 1. The van der Waals surface area contributed by atoms with Crippen molar-refractivity contribution in [3.63, 3.8) is 0 Å². The molecule has 4 rings (SSSR count). The maximum atomic E-state index is 13.3. The third-order valence-corrected chi connectivity index (χ3v) is 5.82. The van der Waals surface area contributed by atoms with Gasteiger partial charge in [0.2, 0.25) is 0 Å². The largest absolute Gasteiger partial charge is 0.481 e. The average Bonchev–Trinajstić information content (AvgIpc) is 2.79. The number of benzene rings is 3. The zero-order valence-electron chi connectivity index (χ0n) is 18.1. The fourth-order valence-corrected chi connectivity index (χ4v) is 4.19. The van der Waals surface area contributed by atoms with Crippen LogP contribution in [0.4, 0.5) is 10.1 Å². The van der Waals surface area contributed by atoms with Gasteiger partial charge in [-0.05, 0) is 61.0 Å². The first-order chi connectivity index (χ1) is 16.7. The second kappa shape index (κ2) is 10.6. The Balaban J connectivity index is 1.51. The predicted molar refractivity (Wildman–Crippen MR) is 138 cm³/mol. The van der Waals surface area contributed by atoms with Crippen molar-refractivity contribution in [2.45, 2.75) is 6.92 Å². The van der Waals surface area contributed by atoms with Crippen LogP contribution in [0.2, 0.25) is 10.0 Å². The minimum atomic E-state index is -0.515. The van der Waals surface area contributed by atoms with Crippen LogP contribution in [0, 0.1) is 12.7 Å². The van der Waals surface area contributed by atoms with E-state index < -0.39 is 18.3 Å². The maximum absolute atomic E-state index is 13.3. The summed E-state index contributed by atoms with van der Waals surface area (Å²) in [6.45, 7) is 1.28. The molecule has 0 saturated carbocycles. The summed E-state index contributed by atoms with van der Waals surface area (Å²) in [4.78, 5) is 29.4. The lowest BCUT2D eigenvalue weighted by Crippen LogP contribution is -2.20. The molecule has 1 aromatic heterocycles. The van der Waals surface area contributed by atoms with E-state index in [9.17, 15) is 14.0 Å². The minimum Gasteiger partial charge on any atom is -0.481 e. The van der Waals surface area contributed by atoms with Crippen LogP contribution in [-0.2, 0) is 4.79 Å². The van der Waals surface area contributed by atoms with Gasteiger partial charge in [0.1, 0.15) is 11.6 Å². The lowest BCUT2D eigenvalue weighted by Gasteiger charge is -2.11. The quantitative estimate of drug-likeness (QED) is 0.293. The molecule has 4 aromatic rings. The summed E-state index contributed by atoms with van der Waals surface area (Å²) in [7, 11) is 0. The zero-order chi connectivity index (χ0) is 25.1. The number of fused-ring (bicyclic) bond motifs is 1. The molecular weight excluding hydrogens is 562 g/mol. The number of carbonyl (C=O) groups excluding carboxylic acids is 1. The summed E-state index contributed by atoms with van der Waals surface area (Å²) in [5.41, 5.74) is 1.03. The van der Waals surface area contributed by atoms with E-state index >= 15 is 0 Å². The summed E-state index contributed by atoms with van der Waals surface area (Å²) in [5, 5.41) is 7.46. The van der Waals surface area contributed by atoms with Crippen LogP contribution in [0.15, 0.2) is 69.0 Å². The first-order valence-electron chi connectivity index (χ1n) is 10.1. The molecular formula is C24H16BrCl2FN4O3. The van der Waals surface area contributed by atoms with Crippen molar-refractivity contribution in [1.29, 1.82) is 0 Å². The molecule has 0 saturated heterocycles. The molecule has 1 heterocycles. The summed E-state index contributed by atoms with van der Waals surface area (Å²) in [6.07, 6.45) is 1.41.